The van der Waals surface area contributed by atoms with Crippen molar-refractivity contribution >= 4 is 47.6 Å². The minimum absolute atomic E-state index is 0.559. The third-order valence-electron chi connectivity index (χ3n) is 3.79. The Bertz CT molecular complexity index is 1000. The van der Waals surface area contributed by atoms with Gasteiger partial charge in [-0.25, -0.2) is 0 Å². The predicted molar refractivity (Wildman–Crippen MR) is 120 cm³/mol. The highest BCUT2D eigenvalue weighted by atomic mass is 32.1. The van der Waals surface area contributed by atoms with E-state index >= 15 is 0 Å². The molecule has 0 aromatic heterocycles. The number of rotatable bonds is 2. The molecule has 2 nitrogen and oxygen atoms in total. The molecule has 0 saturated heterocycles. The van der Waals surface area contributed by atoms with Crippen LogP contribution in [-0.2, 0) is 0 Å². The van der Waals surface area contributed by atoms with Crippen LogP contribution in [0.3, 0.4) is 0 Å². The molecule has 0 bridgehead atoms. The molecular formula is C22H22N2SSi. The summed E-state index contributed by atoms with van der Waals surface area (Å²) in [5, 5.41) is 9.49. The summed E-state index contributed by atoms with van der Waals surface area (Å²) in [6.45, 7) is 6.72. The molecule has 0 atom stereocenters. The van der Waals surface area contributed by atoms with E-state index in [0.717, 1.165) is 22.3 Å². The van der Waals surface area contributed by atoms with Gasteiger partial charge in [0.25, 0.3) is 0 Å². The molecule has 4 heteroatoms. The van der Waals surface area contributed by atoms with Gasteiger partial charge in [-0.1, -0.05) is 74.1 Å². The van der Waals surface area contributed by atoms with Gasteiger partial charge in [0.15, 0.2) is 5.11 Å². The second kappa shape index (κ2) is 7.73. The quantitative estimate of drug-likeness (QED) is 0.333. The number of nitrogens with one attached hydrogen (secondary N) is 2. The lowest BCUT2D eigenvalue weighted by Gasteiger charge is -2.14. The van der Waals surface area contributed by atoms with E-state index in [1.807, 2.05) is 48.5 Å². The summed E-state index contributed by atoms with van der Waals surface area (Å²) >= 11 is 5.54. The smallest absolute Gasteiger partial charge is 0.175 e. The lowest BCUT2D eigenvalue weighted by molar-refractivity contribution is 1.58. The van der Waals surface area contributed by atoms with Crippen LogP contribution in [0.4, 0.5) is 11.4 Å². The molecule has 0 radical (unpaired) electrons. The van der Waals surface area contributed by atoms with Gasteiger partial charge < -0.3 is 10.6 Å². The lowest BCUT2D eigenvalue weighted by Crippen LogP contribution is -2.20. The summed E-state index contributed by atoms with van der Waals surface area (Å²) in [5.41, 5.74) is 6.30. The van der Waals surface area contributed by atoms with E-state index in [1.54, 1.807) is 0 Å². The molecule has 3 aromatic carbocycles. The first kappa shape index (κ1) is 18.2. The Labute approximate surface area is 161 Å². The zero-order chi connectivity index (χ0) is 18.6. The number of hydrogen-bond acceptors (Lipinski definition) is 1. The van der Waals surface area contributed by atoms with E-state index in [0.29, 0.717) is 5.11 Å². The topological polar surface area (TPSA) is 24.1 Å². The molecule has 2 N–H and O–H groups in total. The van der Waals surface area contributed by atoms with Crippen molar-refractivity contribution in [3.63, 3.8) is 0 Å². The maximum Gasteiger partial charge on any atom is 0.175 e. The molecule has 0 aliphatic rings. The zero-order valence-electron chi connectivity index (χ0n) is 15.3. The second-order valence-corrected chi connectivity index (χ2v) is 12.3. The van der Waals surface area contributed by atoms with E-state index in [4.69, 9.17) is 12.2 Å². The van der Waals surface area contributed by atoms with Gasteiger partial charge in [0, 0.05) is 16.6 Å². The standard InChI is InChI=1S/C22H22N2SSi/c1-26(2,3)16-15-18-10-5-7-13-20(18)23-22(25)24-21-14-8-11-17-9-4-6-12-19(17)21/h4-14H,1-3H3,(H2,23,24,25). The number of anilines is 2. The van der Waals surface area contributed by atoms with Crippen LogP contribution in [0.1, 0.15) is 5.56 Å². The first-order chi connectivity index (χ1) is 12.4. The third-order valence-corrected chi connectivity index (χ3v) is 4.86. The van der Waals surface area contributed by atoms with Crippen molar-refractivity contribution in [2.24, 2.45) is 0 Å². The van der Waals surface area contributed by atoms with E-state index in [1.165, 1.54) is 5.39 Å². The van der Waals surface area contributed by atoms with Crippen LogP contribution in [-0.4, -0.2) is 13.2 Å². The average Bonchev–Trinajstić information content (AvgIpc) is 2.60. The minimum atomic E-state index is -1.43. The van der Waals surface area contributed by atoms with Gasteiger partial charge >= 0.3 is 0 Å². The first-order valence-corrected chi connectivity index (χ1v) is 12.5. The van der Waals surface area contributed by atoms with Gasteiger partial charge in [0.05, 0.1) is 5.69 Å². The van der Waals surface area contributed by atoms with Crippen LogP contribution >= 0.6 is 12.2 Å². The molecule has 0 aliphatic carbocycles. The van der Waals surface area contributed by atoms with Crippen molar-refractivity contribution in [1.29, 1.82) is 0 Å². The van der Waals surface area contributed by atoms with Crippen LogP contribution in [0.5, 0.6) is 0 Å². The van der Waals surface area contributed by atoms with Crippen LogP contribution in [0.2, 0.25) is 19.6 Å². The van der Waals surface area contributed by atoms with Gasteiger partial charge in [-0.15, -0.1) is 5.54 Å². The van der Waals surface area contributed by atoms with Crippen LogP contribution < -0.4 is 10.6 Å². The van der Waals surface area contributed by atoms with Gasteiger partial charge in [-0.3, -0.25) is 0 Å². The minimum Gasteiger partial charge on any atom is -0.332 e. The monoisotopic (exact) mass is 374 g/mol. The fourth-order valence-electron chi connectivity index (χ4n) is 2.57. The fraction of sp³-hybridized carbons (Fsp3) is 0.136. The summed E-state index contributed by atoms with van der Waals surface area (Å²) in [7, 11) is -1.43. The largest absolute Gasteiger partial charge is 0.332 e. The van der Waals surface area contributed by atoms with Crippen molar-refractivity contribution < 1.29 is 0 Å². The van der Waals surface area contributed by atoms with E-state index in [-0.39, 0.29) is 0 Å². The van der Waals surface area contributed by atoms with Gasteiger partial charge in [0.1, 0.15) is 8.07 Å². The van der Waals surface area contributed by atoms with Crippen LogP contribution in [0.25, 0.3) is 10.8 Å². The Hall–Kier alpha value is -2.61. The van der Waals surface area contributed by atoms with E-state index in [2.05, 4.69) is 59.9 Å². The summed E-state index contributed by atoms with van der Waals surface area (Å²) in [6, 6.07) is 22.4. The SMILES string of the molecule is C[Si](C)(C)C#Cc1ccccc1NC(=S)Nc1cccc2ccccc12. The molecular weight excluding hydrogens is 352 g/mol. The van der Waals surface area contributed by atoms with Gasteiger partial charge in [-0.05, 0) is 35.8 Å². The molecule has 3 rings (SSSR count). The zero-order valence-corrected chi connectivity index (χ0v) is 17.1. The number of fused-ring (bicyclic) bond motifs is 1. The van der Waals surface area contributed by atoms with Crippen molar-refractivity contribution in [3.05, 3.63) is 72.3 Å². The Balaban J connectivity index is 1.81. The number of para-hydroxylation sites is 1. The molecule has 0 unspecified atom stereocenters. The molecule has 0 aliphatic heterocycles. The second-order valence-electron chi connectivity index (χ2n) is 7.15. The number of thiocarbonyl (C=S) groups is 1. The van der Waals surface area contributed by atoms with Gasteiger partial charge in [0.2, 0.25) is 0 Å². The molecule has 26 heavy (non-hydrogen) atoms. The summed E-state index contributed by atoms with van der Waals surface area (Å²) in [6.07, 6.45) is 0. The molecule has 0 spiro atoms. The lowest BCUT2D eigenvalue weighted by atomic mass is 10.1. The Morgan fingerprint density at radius 2 is 1.42 bits per heavy atom. The highest BCUT2D eigenvalue weighted by Gasteiger charge is 2.09. The first-order valence-electron chi connectivity index (χ1n) is 8.60. The summed E-state index contributed by atoms with van der Waals surface area (Å²) < 4.78 is 0. The van der Waals surface area contributed by atoms with Crippen LogP contribution in [0.15, 0.2) is 66.7 Å². The molecule has 0 heterocycles. The summed E-state index contributed by atoms with van der Waals surface area (Å²) in [4.78, 5) is 0. The fourth-order valence-corrected chi connectivity index (χ4v) is 3.30. The highest BCUT2D eigenvalue weighted by Crippen LogP contribution is 2.23. The normalized spacial score (nSPS) is 10.7. The Morgan fingerprint density at radius 3 is 2.23 bits per heavy atom. The van der Waals surface area contributed by atoms with Gasteiger partial charge in [-0.2, -0.15) is 0 Å². The number of hydrogen-bond donors (Lipinski definition) is 2. The maximum atomic E-state index is 5.54. The third kappa shape index (κ3) is 4.72. The average molecular weight is 375 g/mol. The van der Waals surface area contributed by atoms with Crippen molar-refractivity contribution in [1.82, 2.24) is 0 Å². The van der Waals surface area contributed by atoms with Crippen LogP contribution in [0, 0.1) is 11.5 Å². The Morgan fingerprint density at radius 1 is 0.808 bits per heavy atom. The molecule has 3 aromatic rings. The molecule has 0 amide bonds. The van der Waals surface area contributed by atoms with Crippen molar-refractivity contribution in [3.8, 4) is 11.5 Å². The number of benzene rings is 3. The molecule has 0 fully saturated rings. The predicted octanol–water partition coefficient (Wildman–Crippen LogP) is 5.88. The van der Waals surface area contributed by atoms with E-state index in [9.17, 15) is 0 Å². The Kier molecular flexibility index (Phi) is 5.41. The molecule has 0 saturated carbocycles. The highest BCUT2D eigenvalue weighted by molar-refractivity contribution is 7.80. The summed E-state index contributed by atoms with van der Waals surface area (Å²) in [5.74, 6) is 3.31. The maximum absolute atomic E-state index is 5.54. The van der Waals surface area contributed by atoms with Crippen molar-refractivity contribution in [2.45, 2.75) is 19.6 Å². The van der Waals surface area contributed by atoms with Crippen molar-refractivity contribution in [2.75, 3.05) is 10.6 Å². The molecule has 130 valence electrons. The van der Waals surface area contributed by atoms with E-state index < -0.39 is 8.07 Å².